The molecule has 7 heteroatoms. The molecule has 2 N–H and O–H groups in total. The number of aliphatic hydroxyl groups is 1. The minimum absolute atomic E-state index is 0.217. The first kappa shape index (κ1) is 36.2. The van der Waals surface area contributed by atoms with Gasteiger partial charge in [-0.25, -0.2) is 9.59 Å². The quantitative estimate of drug-likeness (QED) is 0.161. The number of alkyl carbamates (subject to hydrolysis) is 1. The van der Waals surface area contributed by atoms with E-state index in [1.54, 1.807) is 4.90 Å². The van der Waals surface area contributed by atoms with E-state index in [0.29, 0.717) is 12.8 Å². The zero-order chi connectivity index (χ0) is 34.7. The van der Waals surface area contributed by atoms with E-state index in [0.717, 1.165) is 22.3 Å². The molecule has 0 radical (unpaired) electrons. The molecule has 4 atom stereocenters. The lowest BCUT2D eigenvalue weighted by molar-refractivity contribution is -0.0184. The summed E-state index contributed by atoms with van der Waals surface area (Å²) in [6.07, 6.45) is -1.49. The Morgan fingerprint density at radius 2 is 1.08 bits per heavy atom. The second-order valence-electron chi connectivity index (χ2n) is 14.2. The van der Waals surface area contributed by atoms with Crippen molar-refractivity contribution in [2.24, 2.45) is 0 Å². The van der Waals surface area contributed by atoms with Crippen molar-refractivity contribution in [2.45, 2.75) is 96.2 Å². The van der Waals surface area contributed by atoms with Crippen LogP contribution in [0, 0.1) is 0 Å². The highest BCUT2D eigenvalue weighted by Gasteiger charge is 2.41. The Labute approximate surface area is 285 Å². The van der Waals surface area contributed by atoms with Gasteiger partial charge in [-0.2, -0.15) is 0 Å². The molecule has 0 fully saturated rings. The van der Waals surface area contributed by atoms with E-state index in [1.807, 2.05) is 163 Å². The Morgan fingerprint density at radius 3 is 1.56 bits per heavy atom. The van der Waals surface area contributed by atoms with E-state index >= 15 is 0 Å². The summed E-state index contributed by atoms with van der Waals surface area (Å²) in [5.74, 6) is -0.645. The van der Waals surface area contributed by atoms with Crippen LogP contribution in [-0.4, -0.2) is 51.6 Å². The van der Waals surface area contributed by atoms with Gasteiger partial charge in [0.25, 0.3) is 0 Å². The number of carbonyl (C=O) groups is 2. The number of rotatable bonds is 12. The molecule has 4 aromatic rings. The van der Waals surface area contributed by atoms with Crippen LogP contribution in [0.15, 0.2) is 121 Å². The lowest BCUT2D eigenvalue weighted by Gasteiger charge is -2.41. The van der Waals surface area contributed by atoms with Crippen molar-refractivity contribution in [1.29, 1.82) is 0 Å². The van der Waals surface area contributed by atoms with Gasteiger partial charge in [-0.1, -0.05) is 121 Å². The normalized spacial score (nSPS) is 14.2. The van der Waals surface area contributed by atoms with E-state index < -0.39 is 47.5 Å². The summed E-state index contributed by atoms with van der Waals surface area (Å²) < 4.78 is 11.7. The van der Waals surface area contributed by atoms with Crippen molar-refractivity contribution in [3.05, 3.63) is 144 Å². The van der Waals surface area contributed by atoms with Crippen LogP contribution in [0.25, 0.3) is 0 Å². The van der Waals surface area contributed by atoms with E-state index in [9.17, 15) is 14.7 Å². The fourth-order valence-electron chi connectivity index (χ4n) is 5.87. The minimum Gasteiger partial charge on any atom is -0.444 e. The Morgan fingerprint density at radius 1 is 0.646 bits per heavy atom. The number of hydrogen-bond donors (Lipinski definition) is 2. The van der Waals surface area contributed by atoms with Gasteiger partial charge in [0.2, 0.25) is 0 Å². The van der Waals surface area contributed by atoms with E-state index in [4.69, 9.17) is 9.47 Å². The smallest absolute Gasteiger partial charge is 0.410 e. The molecule has 0 aliphatic rings. The summed E-state index contributed by atoms with van der Waals surface area (Å²) in [7, 11) is 0. The van der Waals surface area contributed by atoms with Crippen molar-refractivity contribution >= 4 is 12.2 Å². The number of aliphatic hydroxyl groups excluding tert-OH is 1. The first-order chi connectivity index (χ1) is 22.8. The largest absolute Gasteiger partial charge is 0.444 e. The monoisotopic (exact) mass is 650 g/mol. The van der Waals surface area contributed by atoms with Crippen LogP contribution >= 0.6 is 0 Å². The van der Waals surface area contributed by atoms with E-state index in [2.05, 4.69) is 5.32 Å². The number of carbonyl (C=O) groups excluding carboxylic acids is 2. The van der Waals surface area contributed by atoms with Crippen LogP contribution in [0.3, 0.4) is 0 Å². The van der Waals surface area contributed by atoms with Gasteiger partial charge in [0, 0.05) is 18.5 Å². The molecule has 0 heterocycles. The van der Waals surface area contributed by atoms with Crippen LogP contribution < -0.4 is 5.32 Å². The number of hydrogen-bond acceptors (Lipinski definition) is 5. The standard InChI is InChI=1S/C41H50N2O5/c1-40(2,3)47-38(45)42-34(27-30-19-11-7-12-20-30)36(33-25-17-10-18-26-33)37(44)35(28-31-21-13-8-14-22-31)43(39(46)48-41(4,5)6)29-32-23-15-9-16-24-32/h7-26,34-37,44H,27-29H2,1-6H3,(H,42,45)/t34-,35-,36?,37?/m0/s1. The number of nitrogens with zero attached hydrogens (tertiary/aromatic N) is 1. The van der Waals surface area contributed by atoms with Crippen LogP contribution in [0.2, 0.25) is 0 Å². The molecule has 0 bridgehead atoms. The average molecular weight is 651 g/mol. The summed E-state index contributed by atoms with van der Waals surface area (Å²) in [6, 6.07) is 37.7. The lowest BCUT2D eigenvalue weighted by atomic mass is 9.79. The topological polar surface area (TPSA) is 88.1 Å². The first-order valence-electron chi connectivity index (χ1n) is 16.6. The van der Waals surface area contributed by atoms with Crippen LogP contribution in [0.1, 0.15) is 69.7 Å². The summed E-state index contributed by atoms with van der Waals surface area (Å²) in [6.45, 7) is 11.2. The van der Waals surface area contributed by atoms with Gasteiger partial charge in [0.15, 0.2) is 0 Å². The third kappa shape index (κ3) is 11.3. The minimum atomic E-state index is -1.15. The molecule has 0 aromatic heterocycles. The molecular weight excluding hydrogens is 600 g/mol. The fourth-order valence-corrected chi connectivity index (χ4v) is 5.87. The molecule has 0 spiro atoms. The van der Waals surface area contributed by atoms with E-state index in [1.165, 1.54) is 0 Å². The molecule has 2 unspecified atom stereocenters. The number of nitrogens with one attached hydrogen (secondary N) is 1. The maximum Gasteiger partial charge on any atom is 0.410 e. The molecule has 4 aromatic carbocycles. The molecule has 0 aliphatic heterocycles. The van der Waals surface area contributed by atoms with Gasteiger partial charge in [-0.3, -0.25) is 4.90 Å². The Kier molecular flexibility index (Phi) is 12.4. The Balaban J connectivity index is 1.87. The Hall–Kier alpha value is -4.62. The highest BCUT2D eigenvalue weighted by Crippen LogP contribution is 2.33. The van der Waals surface area contributed by atoms with Crippen LogP contribution in [0.4, 0.5) is 9.59 Å². The van der Waals surface area contributed by atoms with Gasteiger partial charge >= 0.3 is 12.2 Å². The van der Waals surface area contributed by atoms with Crippen molar-refractivity contribution in [3.8, 4) is 0 Å². The third-order valence-corrected chi connectivity index (χ3v) is 7.89. The molecule has 7 nitrogen and oxygen atoms in total. The highest BCUT2D eigenvalue weighted by atomic mass is 16.6. The van der Waals surface area contributed by atoms with Gasteiger partial charge < -0.3 is 19.9 Å². The SMILES string of the molecule is CC(C)(C)OC(=O)N[C@@H](Cc1ccccc1)C(c1ccccc1)C(O)[C@H](Cc1ccccc1)N(Cc1ccccc1)C(=O)OC(C)(C)C. The Bertz CT molecular complexity index is 1550. The van der Waals surface area contributed by atoms with Gasteiger partial charge in [0.1, 0.15) is 11.2 Å². The molecule has 254 valence electrons. The van der Waals surface area contributed by atoms with Crippen LogP contribution in [-0.2, 0) is 28.9 Å². The lowest BCUT2D eigenvalue weighted by Crippen LogP contribution is -2.55. The van der Waals surface area contributed by atoms with E-state index in [-0.39, 0.29) is 6.54 Å². The first-order valence-corrected chi connectivity index (χ1v) is 16.6. The second kappa shape index (κ2) is 16.5. The van der Waals surface area contributed by atoms with Crippen molar-refractivity contribution in [3.63, 3.8) is 0 Å². The maximum atomic E-state index is 14.2. The average Bonchev–Trinajstić information content (AvgIpc) is 3.03. The maximum absolute atomic E-state index is 14.2. The zero-order valence-corrected chi connectivity index (χ0v) is 29.0. The van der Waals surface area contributed by atoms with Crippen molar-refractivity contribution in [1.82, 2.24) is 10.2 Å². The molecule has 0 saturated heterocycles. The number of benzene rings is 4. The summed E-state index contributed by atoms with van der Waals surface area (Å²) in [4.78, 5) is 29.2. The molecule has 48 heavy (non-hydrogen) atoms. The highest BCUT2D eigenvalue weighted by molar-refractivity contribution is 5.69. The van der Waals surface area contributed by atoms with Crippen molar-refractivity contribution in [2.75, 3.05) is 0 Å². The molecule has 0 aliphatic carbocycles. The summed E-state index contributed by atoms with van der Waals surface area (Å²) in [5, 5.41) is 16.0. The van der Waals surface area contributed by atoms with Crippen LogP contribution in [0.5, 0.6) is 0 Å². The summed E-state index contributed by atoms with van der Waals surface area (Å²) >= 11 is 0. The second-order valence-corrected chi connectivity index (χ2v) is 14.2. The molecular formula is C41H50N2O5. The predicted molar refractivity (Wildman–Crippen MR) is 191 cm³/mol. The third-order valence-electron chi connectivity index (χ3n) is 7.89. The predicted octanol–water partition coefficient (Wildman–Crippen LogP) is 8.32. The molecule has 2 amide bonds. The molecule has 0 saturated carbocycles. The van der Waals surface area contributed by atoms with Crippen molar-refractivity contribution < 1.29 is 24.2 Å². The van der Waals surface area contributed by atoms with Gasteiger partial charge in [0.05, 0.1) is 12.1 Å². The number of amides is 2. The summed E-state index contributed by atoms with van der Waals surface area (Å²) in [5.41, 5.74) is 2.18. The number of ether oxygens (including phenoxy) is 2. The molecule has 4 rings (SSSR count). The zero-order valence-electron chi connectivity index (χ0n) is 29.0. The fraction of sp³-hybridized carbons (Fsp3) is 0.366. The van der Waals surface area contributed by atoms with Gasteiger partial charge in [-0.05, 0) is 76.6 Å². The van der Waals surface area contributed by atoms with Gasteiger partial charge in [-0.15, -0.1) is 0 Å².